The molecule has 0 rings (SSSR count). The van der Waals surface area contributed by atoms with Crippen molar-refractivity contribution < 1.29 is 0 Å². The molecule has 0 bridgehead atoms. The number of hydrogen-bond acceptors (Lipinski definition) is 2. The second-order valence-corrected chi connectivity index (χ2v) is 5.69. The molecule has 0 saturated heterocycles. The van der Waals surface area contributed by atoms with Gasteiger partial charge < -0.3 is 10.2 Å². The van der Waals surface area contributed by atoms with Gasteiger partial charge in [0.1, 0.15) is 0 Å². The summed E-state index contributed by atoms with van der Waals surface area (Å²) < 4.78 is 0. The largest absolute Gasteiger partial charge is 0.314 e. The molecule has 0 spiro atoms. The summed E-state index contributed by atoms with van der Waals surface area (Å²) in [5.41, 5.74) is 0. The monoisotopic (exact) mass is 228 g/mol. The lowest BCUT2D eigenvalue weighted by atomic mass is 10.0. The molecule has 3 atom stereocenters. The third kappa shape index (κ3) is 6.49. The van der Waals surface area contributed by atoms with Gasteiger partial charge in [0, 0.05) is 18.1 Å². The molecule has 0 aliphatic carbocycles. The molecule has 0 aromatic heterocycles. The fourth-order valence-electron chi connectivity index (χ4n) is 2.39. The number of nitrogens with zero attached hydrogens (tertiary/aromatic N) is 1. The first-order chi connectivity index (χ1) is 7.38. The Hall–Kier alpha value is -0.0800. The Kier molecular flexibility index (Phi) is 8.04. The minimum atomic E-state index is 0.619. The maximum atomic E-state index is 3.48. The highest BCUT2D eigenvalue weighted by atomic mass is 15.2. The number of rotatable bonds is 8. The Morgan fingerprint density at radius 3 is 1.88 bits per heavy atom. The predicted octanol–water partition coefficient (Wildman–Crippen LogP) is 3.13. The molecule has 0 saturated carbocycles. The van der Waals surface area contributed by atoms with E-state index in [1.165, 1.54) is 12.8 Å². The van der Waals surface area contributed by atoms with Crippen molar-refractivity contribution in [3.05, 3.63) is 0 Å². The van der Waals surface area contributed by atoms with Crippen LogP contribution in [0.4, 0.5) is 0 Å². The van der Waals surface area contributed by atoms with E-state index in [-0.39, 0.29) is 0 Å². The summed E-state index contributed by atoms with van der Waals surface area (Å²) in [6.07, 6.45) is 2.52. The molecule has 0 radical (unpaired) electrons. The molecule has 0 amide bonds. The van der Waals surface area contributed by atoms with Gasteiger partial charge in [-0.15, -0.1) is 0 Å². The molecular formula is C14H32N2. The highest BCUT2D eigenvalue weighted by molar-refractivity contribution is 4.75. The maximum absolute atomic E-state index is 3.48. The van der Waals surface area contributed by atoms with Crippen LogP contribution in [0.25, 0.3) is 0 Å². The molecule has 1 N–H and O–H groups in total. The molecule has 0 fully saturated rings. The fourth-order valence-corrected chi connectivity index (χ4v) is 2.39. The van der Waals surface area contributed by atoms with E-state index in [0.29, 0.717) is 18.1 Å². The Morgan fingerprint density at radius 2 is 1.44 bits per heavy atom. The standard InChI is InChI=1S/C14H32N2/c1-8-15-12(4)10-14(6)16(7)13(5)9-11(2)3/h11-15H,8-10H2,1-7H3. The van der Waals surface area contributed by atoms with Gasteiger partial charge in [0.25, 0.3) is 0 Å². The van der Waals surface area contributed by atoms with Gasteiger partial charge in [-0.25, -0.2) is 0 Å². The van der Waals surface area contributed by atoms with Crippen LogP contribution in [0.5, 0.6) is 0 Å². The van der Waals surface area contributed by atoms with Crippen molar-refractivity contribution in [1.29, 1.82) is 0 Å². The third-order valence-corrected chi connectivity index (χ3v) is 3.45. The molecule has 16 heavy (non-hydrogen) atoms. The average Bonchev–Trinajstić information content (AvgIpc) is 2.15. The van der Waals surface area contributed by atoms with Gasteiger partial charge in [0.2, 0.25) is 0 Å². The second-order valence-electron chi connectivity index (χ2n) is 5.69. The van der Waals surface area contributed by atoms with Crippen molar-refractivity contribution in [3.8, 4) is 0 Å². The smallest absolute Gasteiger partial charge is 0.00814 e. The summed E-state index contributed by atoms with van der Waals surface area (Å²) in [4.78, 5) is 2.52. The molecule has 0 aliphatic rings. The van der Waals surface area contributed by atoms with E-state index in [9.17, 15) is 0 Å². The van der Waals surface area contributed by atoms with Gasteiger partial charge in [-0.3, -0.25) is 0 Å². The van der Waals surface area contributed by atoms with Crippen LogP contribution in [-0.4, -0.2) is 36.6 Å². The van der Waals surface area contributed by atoms with E-state index in [2.05, 4.69) is 58.8 Å². The Labute approximate surface area is 103 Å². The van der Waals surface area contributed by atoms with Crippen LogP contribution in [0.2, 0.25) is 0 Å². The molecule has 0 aromatic rings. The molecule has 2 heteroatoms. The van der Waals surface area contributed by atoms with Gasteiger partial charge >= 0.3 is 0 Å². The number of hydrogen-bond donors (Lipinski definition) is 1. The van der Waals surface area contributed by atoms with Gasteiger partial charge in [-0.2, -0.15) is 0 Å². The van der Waals surface area contributed by atoms with Gasteiger partial charge in [-0.05, 0) is 53.1 Å². The third-order valence-electron chi connectivity index (χ3n) is 3.45. The van der Waals surface area contributed by atoms with E-state index in [0.717, 1.165) is 12.5 Å². The van der Waals surface area contributed by atoms with Crippen LogP contribution >= 0.6 is 0 Å². The van der Waals surface area contributed by atoms with Crippen LogP contribution in [0.1, 0.15) is 54.4 Å². The van der Waals surface area contributed by atoms with E-state index >= 15 is 0 Å². The lowest BCUT2D eigenvalue weighted by molar-refractivity contribution is 0.160. The minimum absolute atomic E-state index is 0.619. The van der Waals surface area contributed by atoms with E-state index < -0.39 is 0 Å². The van der Waals surface area contributed by atoms with Gasteiger partial charge in [0.05, 0.1) is 0 Å². The second kappa shape index (κ2) is 8.08. The zero-order chi connectivity index (χ0) is 12.7. The summed E-state index contributed by atoms with van der Waals surface area (Å²) in [5.74, 6) is 0.788. The van der Waals surface area contributed by atoms with Crippen LogP contribution in [0.15, 0.2) is 0 Å². The van der Waals surface area contributed by atoms with Crippen molar-refractivity contribution in [3.63, 3.8) is 0 Å². The van der Waals surface area contributed by atoms with Crippen LogP contribution in [-0.2, 0) is 0 Å². The van der Waals surface area contributed by atoms with Crippen molar-refractivity contribution in [2.24, 2.45) is 5.92 Å². The van der Waals surface area contributed by atoms with Crippen LogP contribution in [0.3, 0.4) is 0 Å². The zero-order valence-electron chi connectivity index (χ0n) is 12.4. The Balaban J connectivity index is 4.01. The zero-order valence-corrected chi connectivity index (χ0v) is 12.4. The number of nitrogens with one attached hydrogen (secondary N) is 1. The lowest BCUT2D eigenvalue weighted by Crippen LogP contribution is -2.41. The summed E-state index contributed by atoms with van der Waals surface area (Å²) >= 11 is 0. The average molecular weight is 228 g/mol. The van der Waals surface area contributed by atoms with Crippen molar-refractivity contribution >= 4 is 0 Å². The maximum Gasteiger partial charge on any atom is 0.00814 e. The summed E-state index contributed by atoms with van der Waals surface area (Å²) in [6.45, 7) is 14.8. The molecule has 3 unspecified atom stereocenters. The van der Waals surface area contributed by atoms with Crippen molar-refractivity contribution in [2.45, 2.75) is 72.5 Å². The molecule has 0 aromatic carbocycles. The summed E-state index contributed by atoms with van der Waals surface area (Å²) in [7, 11) is 2.26. The molecule has 2 nitrogen and oxygen atoms in total. The lowest BCUT2D eigenvalue weighted by Gasteiger charge is -2.33. The first kappa shape index (κ1) is 15.9. The van der Waals surface area contributed by atoms with E-state index in [4.69, 9.17) is 0 Å². The highest BCUT2D eigenvalue weighted by Gasteiger charge is 2.18. The normalized spacial score (nSPS) is 17.8. The molecule has 98 valence electrons. The van der Waals surface area contributed by atoms with Crippen molar-refractivity contribution in [1.82, 2.24) is 10.2 Å². The van der Waals surface area contributed by atoms with E-state index in [1.54, 1.807) is 0 Å². The quantitative estimate of drug-likeness (QED) is 0.686. The summed E-state index contributed by atoms with van der Waals surface area (Å²) in [6, 6.07) is 1.96. The predicted molar refractivity (Wildman–Crippen MR) is 73.9 cm³/mol. The minimum Gasteiger partial charge on any atom is -0.314 e. The van der Waals surface area contributed by atoms with E-state index in [1.807, 2.05) is 0 Å². The Morgan fingerprint density at radius 1 is 0.938 bits per heavy atom. The molecule has 0 aliphatic heterocycles. The summed E-state index contributed by atoms with van der Waals surface area (Å²) in [5, 5.41) is 3.48. The fraction of sp³-hybridized carbons (Fsp3) is 1.00. The van der Waals surface area contributed by atoms with Crippen molar-refractivity contribution in [2.75, 3.05) is 13.6 Å². The first-order valence-electron chi connectivity index (χ1n) is 6.83. The molecular weight excluding hydrogens is 196 g/mol. The SMILES string of the molecule is CCNC(C)CC(C)N(C)C(C)CC(C)C. The molecule has 0 heterocycles. The highest BCUT2D eigenvalue weighted by Crippen LogP contribution is 2.14. The van der Waals surface area contributed by atoms with Gasteiger partial charge in [-0.1, -0.05) is 20.8 Å². The first-order valence-corrected chi connectivity index (χ1v) is 6.83. The topological polar surface area (TPSA) is 15.3 Å². The van der Waals surface area contributed by atoms with Gasteiger partial charge in [0.15, 0.2) is 0 Å². The van der Waals surface area contributed by atoms with Crippen LogP contribution < -0.4 is 5.32 Å². The van der Waals surface area contributed by atoms with Crippen LogP contribution in [0, 0.1) is 5.92 Å². The Bertz CT molecular complexity index is 168.